The van der Waals surface area contributed by atoms with Crippen molar-refractivity contribution < 1.29 is 4.79 Å². The topological polar surface area (TPSA) is 82.0 Å². The molecule has 0 atom stereocenters. The maximum atomic E-state index is 10.4. The van der Waals surface area contributed by atoms with Gasteiger partial charge in [-0.1, -0.05) is 0 Å². The van der Waals surface area contributed by atoms with E-state index >= 15 is 0 Å². The van der Waals surface area contributed by atoms with Gasteiger partial charge in [-0.05, 0) is 12.1 Å². The molecule has 4 heteroatoms. The SMILES string of the molecule is NC(=O)/C=C\c1cnccc1N. The van der Waals surface area contributed by atoms with Crippen molar-refractivity contribution in [3.05, 3.63) is 30.1 Å². The summed E-state index contributed by atoms with van der Waals surface area (Å²) in [5.74, 6) is -0.502. The highest BCUT2D eigenvalue weighted by Gasteiger charge is 1.92. The van der Waals surface area contributed by atoms with E-state index in [0.29, 0.717) is 11.3 Å². The standard InChI is InChI=1S/C8H9N3O/c9-7-3-4-11-5-6(7)1-2-8(10)12/h1-5H,(H2,9,11)(H2,10,12)/b2-1-. The average molecular weight is 163 g/mol. The molecule has 1 rings (SSSR count). The Labute approximate surface area is 69.9 Å². The summed E-state index contributed by atoms with van der Waals surface area (Å²) < 4.78 is 0. The zero-order valence-electron chi connectivity index (χ0n) is 6.40. The zero-order chi connectivity index (χ0) is 8.97. The molecule has 0 saturated carbocycles. The van der Waals surface area contributed by atoms with Crippen LogP contribution in [-0.4, -0.2) is 10.9 Å². The summed E-state index contributed by atoms with van der Waals surface area (Å²) in [5.41, 5.74) is 11.7. The number of nitrogens with zero attached hydrogens (tertiary/aromatic N) is 1. The largest absolute Gasteiger partial charge is 0.398 e. The molecule has 1 amide bonds. The van der Waals surface area contributed by atoms with E-state index in [-0.39, 0.29) is 0 Å². The van der Waals surface area contributed by atoms with Gasteiger partial charge in [-0.25, -0.2) is 0 Å². The van der Waals surface area contributed by atoms with E-state index in [9.17, 15) is 4.79 Å². The fraction of sp³-hybridized carbons (Fsp3) is 0. The first-order valence-corrected chi connectivity index (χ1v) is 3.37. The molecule has 1 aromatic rings. The molecule has 1 aromatic heterocycles. The number of nitrogen functional groups attached to an aromatic ring is 1. The Morgan fingerprint density at radius 3 is 2.92 bits per heavy atom. The molecule has 1 heterocycles. The van der Waals surface area contributed by atoms with Crippen LogP contribution in [0.1, 0.15) is 5.56 Å². The fourth-order valence-corrected chi connectivity index (χ4v) is 0.729. The second-order valence-electron chi connectivity index (χ2n) is 2.24. The van der Waals surface area contributed by atoms with Gasteiger partial charge in [-0.2, -0.15) is 0 Å². The fourth-order valence-electron chi connectivity index (χ4n) is 0.729. The summed E-state index contributed by atoms with van der Waals surface area (Å²) in [6, 6.07) is 1.65. The number of pyridine rings is 1. The number of hydrogen-bond donors (Lipinski definition) is 2. The summed E-state index contributed by atoms with van der Waals surface area (Å²) >= 11 is 0. The predicted molar refractivity (Wildman–Crippen MR) is 46.9 cm³/mol. The Kier molecular flexibility index (Phi) is 2.42. The number of hydrogen-bond acceptors (Lipinski definition) is 3. The minimum Gasteiger partial charge on any atom is -0.398 e. The number of primary amides is 1. The van der Waals surface area contributed by atoms with Crippen LogP contribution in [0.2, 0.25) is 0 Å². The Morgan fingerprint density at radius 2 is 2.33 bits per heavy atom. The highest BCUT2D eigenvalue weighted by atomic mass is 16.1. The highest BCUT2D eigenvalue weighted by Crippen LogP contribution is 2.09. The van der Waals surface area contributed by atoms with Gasteiger partial charge in [-0.15, -0.1) is 0 Å². The molecule has 0 unspecified atom stereocenters. The van der Waals surface area contributed by atoms with Crippen molar-refractivity contribution in [3.63, 3.8) is 0 Å². The summed E-state index contributed by atoms with van der Waals surface area (Å²) in [6.45, 7) is 0. The number of carbonyl (C=O) groups is 1. The first-order chi connectivity index (χ1) is 5.70. The van der Waals surface area contributed by atoms with Crippen LogP contribution in [0, 0.1) is 0 Å². The molecule has 0 bridgehead atoms. The predicted octanol–water partition coefficient (Wildman–Crippen LogP) is 0.162. The van der Waals surface area contributed by atoms with E-state index in [0.717, 1.165) is 0 Å². The van der Waals surface area contributed by atoms with Crippen molar-refractivity contribution in [1.82, 2.24) is 4.98 Å². The monoisotopic (exact) mass is 163 g/mol. The van der Waals surface area contributed by atoms with Crippen molar-refractivity contribution in [2.24, 2.45) is 5.73 Å². The van der Waals surface area contributed by atoms with Gasteiger partial charge >= 0.3 is 0 Å². The van der Waals surface area contributed by atoms with E-state index in [1.165, 1.54) is 12.2 Å². The van der Waals surface area contributed by atoms with Gasteiger partial charge in [0.1, 0.15) is 0 Å². The molecule has 0 radical (unpaired) electrons. The Morgan fingerprint density at radius 1 is 1.58 bits per heavy atom. The first kappa shape index (κ1) is 8.26. The minimum atomic E-state index is -0.502. The molecule has 0 aromatic carbocycles. The Balaban J connectivity index is 2.89. The third-order valence-electron chi connectivity index (χ3n) is 1.31. The van der Waals surface area contributed by atoms with Crippen molar-refractivity contribution in [1.29, 1.82) is 0 Å². The Hall–Kier alpha value is -1.84. The van der Waals surface area contributed by atoms with Crippen LogP contribution in [-0.2, 0) is 4.79 Å². The van der Waals surface area contributed by atoms with Gasteiger partial charge in [0.05, 0.1) is 0 Å². The lowest BCUT2D eigenvalue weighted by Gasteiger charge is -1.95. The van der Waals surface area contributed by atoms with Gasteiger partial charge in [0.25, 0.3) is 0 Å². The van der Waals surface area contributed by atoms with Crippen LogP contribution in [0.25, 0.3) is 6.08 Å². The lowest BCUT2D eigenvalue weighted by atomic mass is 10.2. The third kappa shape index (κ3) is 2.09. The molecule has 0 aliphatic heterocycles. The summed E-state index contributed by atoms with van der Waals surface area (Å²) in [7, 11) is 0. The lowest BCUT2D eigenvalue weighted by molar-refractivity contribution is -0.113. The summed E-state index contributed by atoms with van der Waals surface area (Å²) in [4.78, 5) is 14.2. The number of carbonyl (C=O) groups excluding carboxylic acids is 1. The maximum absolute atomic E-state index is 10.4. The van der Waals surface area contributed by atoms with Gasteiger partial charge in [0, 0.05) is 29.7 Å². The van der Waals surface area contributed by atoms with E-state index in [1.807, 2.05) is 0 Å². The van der Waals surface area contributed by atoms with Crippen LogP contribution in [0.5, 0.6) is 0 Å². The molecular weight excluding hydrogens is 154 g/mol. The molecule has 0 saturated heterocycles. The average Bonchev–Trinajstić information content (AvgIpc) is 2.03. The molecule has 0 fully saturated rings. The molecule has 0 spiro atoms. The molecule has 12 heavy (non-hydrogen) atoms. The van der Waals surface area contributed by atoms with Crippen LogP contribution < -0.4 is 11.5 Å². The Bertz CT molecular complexity index is 320. The molecule has 4 N–H and O–H groups in total. The zero-order valence-corrected chi connectivity index (χ0v) is 6.40. The van der Waals surface area contributed by atoms with Crippen LogP contribution in [0.3, 0.4) is 0 Å². The van der Waals surface area contributed by atoms with Crippen LogP contribution in [0.15, 0.2) is 24.5 Å². The quantitative estimate of drug-likeness (QED) is 0.609. The maximum Gasteiger partial charge on any atom is 0.241 e. The number of anilines is 1. The normalized spacial score (nSPS) is 10.3. The minimum absolute atomic E-state index is 0.502. The summed E-state index contributed by atoms with van der Waals surface area (Å²) in [5, 5.41) is 0. The molecule has 0 aliphatic carbocycles. The van der Waals surface area contributed by atoms with Gasteiger partial charge in [0.15, 0.2) is 0 Å². The highest BCUT2D eigenvalue weighted by molar-refractivity contribution is 5.91. The molecular formula is C8H9N3O. The van der Waals surface area contributed by atoms with Gasteiger partial charge in [-0.3, -0.25) is 9.78 Å². The lowest BCUT2D eigenvalue weighted by Crippen LogP contribution is -2.05. The summed E-state index contributed by atoms with van der Waals surface area (Å²) in [6.07, 6.45) is 5.92. The van der Waals surface area contributed by atoms with E-state index in [4.69, 9.17) is 11.5 Å². The van der Waals surface area contributed by atoms with Gasteiger partial charge < -0.3 is 11.5 Å². The van der Waals surface area contributed by atoms with Crippen molar-refractivity contribution in [3.8, 4) is 0 Å². The first-order valence-electron chi connectivity index (χ1n) is 3.37. The molecule has 62 valence electrons. The number of aromatic nitrogens is 1. The van der Waals surface area contributed by atoms with Crippen molar-refractivity contribution >= 4 is 17.7 Å². The molecule has 0 aliphatic rings. The smallest absolute Gasteiger partial charge is 0.241 e. The van der Waals surface area contributed by atoms with Crippen LogP contribution in [0.4, 0.5) is 5.69 Å². The number of amides is 1. The second-order valence-corrected chi connectivity index (χ2v) is 2.24. The number of rotatable bonds is 2. The second kappa shape index (κ2) is 3.52. The van der Waals surface area contributed by atoms with E-state index in [1.54, 1.807) is 18.5 Å². The van der Waals surface area contributed by atoms with Crippen molar-refractivity contribution in [2.75, 3.05) is 5.73 Å². The van der Waals surface area contributed by atoms with Crippen molar-refractivity contribution in [2.45, 2.75) is 0 Å². The number of nitrogens with two attached hydrogens (primary N) is 2. The van der Waals surface area contributed by atoms with E-state index in [2.05, 4.69) is 4.98 Å². The van der Waals surface area contributed by atoms with Crippen LogP contribution >= 0.6 is 0 Å². The van der Waals surface area contributed by atoms with E-state index < -0.39 is 5.91 Å². The van der Waals surface area contributed by atoms with Gasteiger partial charge in [0.2, 0.25) is 5.91 Å². The molecule has 4 nitrogen and oxygen atoms in total. The third-order valence-corrected chi connectivity index (χ3v) is 1.31.